The minimum absolute atomic E-state index is 0.345. The zero-order valence-electron chi connectivity index (χ0n) is 9.42. The van der Waals surface area contributed by atoms with Crippen LogP contribution in [0.5, 0.6) is 0 Å². The van der Waals surface area contributed by atoms with E-state index in [-0.39, 0.29) is 0 Å². The van der Waals surface area contributed by atoms with Crippen LogP contribution in [0.15, 0.2) is 17.5 Å². The van der Waals surface area contributed by atoms with Gasteiger partial charge < -0.3 is 5.73 Å². The Morgan fingerprint density at radius 1 is 1.43 bits per heavy atom. The maximum absolute atomic E-state index is 6.08. The fourth-order valence-corrected chi connectivity index (χ4v) is 2.40. The highest BCUT2D eigenvalue weighted by Gasteiger charge is 2.15. The predicted molar refractivity (Wildman–Crippen MR) is 64.7 cm³/mol. The third-order valence-corrected chi connectivity index (χ3v) is 3.15. The van der Waals surface area contributed by atoms with Gasteiger partial charge in [-0.15, -0.1) is 11.3 Å². The van der Waals surface area contributed by atoms with E-state index in [1.165, 1.54) is 4.88 Å². The minimum atomic E-state index is 0.345. The van der Waals surface area contributed by atoms with Crippen LogP contribution in [0.2, 0.25) is 0 Å². The van der Waals surface area contributed by atoms with Gasteiger partial charge in [0.2, 0.25) is 0 Å². The Morgan fingerprint density at radius 3 is 2.64 bits per heavy atom. The van der Waals surface area contributed by atoms with Gasteiger partial charge in [-0.3, -0.25) is 0 Å². The van der Waals surface area contributed by atoms with Crippen molar-refractivity contribution in [3.8, 4) is 0 Å². The molecule has 2 heteroatoms. The third-order valence-electron chi connectivity index (χ3n) is 2.22. The van der Waals surface area contributed by atoms with Crippen molar-refractivity contribution in [2.24, 2.45) is 11.1 Å². The first kappa shape index (κ1) is 11.7. The first-order valence-electron chi connectivity index (χ1n) is 5.25. The summed E-state index contributed by atoms with van der Waals surface area (Å²) in [5.74, 6) is 0. The minimum Gasteiger partial charge on any atom is -0.328 e. The number of aryl methyl sites for hydroxylation is 1. The molecule has 80 valence electrons. The smallest absolute Gasteiger partial charge is 0.00472 e. The summed E-state index contributed by atoms with van der Waals surface area (Å²) in [6, 6.07) is 4.64. The largest absolute Gasteiger partial charge is 0.328 e. The Bertz CT molecular complexity index is 246. The van der Waals surface area contributed by atoms with Crippen molar-refractivity contribution in [1.82, 2.24) is 0 Å². The lowest BCUT2D eigenvalue weighted by Gasteiger charge is -2.22. The molecule has 14 heavy (non-hydrogen) atoms. The van der Waals surface area contributed by atoms with Gasteiger partial charge in [-0.05, 0) is 36.1 Å². The summed E-state index contributed by atoms with van der Waals surface area (Å²) in [5, 5.41) is 2.13. The van der Waals surface area contributed by atoms with E-state index in [1.807, 2.05) is 11.3 Å². The molecule has 0 amide bonds. The molecule has 0 spiro atoms. The Balaban J connectivity index is 2.25. The molecule has 2 N–H and O–H groups in total. The summed E-state index contributed by atoms with van der Waals surface area (Å²) >= 11 is 1.83. The molecule has 0 saturated heterocycles. The van der Waals surface area contributed by atoms with Gasteiger partial charge in [0.25, 0.3) is 0 Å². The summed E-state index contributed by atoms with van der Waals surface area (Å²) in [5.41, 5.74) is 6.44. The molecule has 1 rings (SSSR count). The summed E-state index contributed by atoms with van der Waals surface area (Å²) in [4.78, 5) is 1.45. The van der Waals surface area contributed by atoms with Crippen molar-refractivity contribution in [1.29, 1.82) is 0 Å². The average molecular weight is 211 g/mol. The molecule has 0 radical (unpaired) electrons. The molecule has 0 aliphatic heterocycles. The van der Waals surface area contributed by atoms with Crippen LogP contribution in [0.25, 0.3) is 0 Å². The summed E-state index contributed by atoms with van der Waals surface area (Å²) in [6.45, 7) is 6.74. The summed E-state index contributed by atoms with van der Waals surface area (Å²) in [7, 11) is 0. The lowest BCUT2D eigenvalue weighted by Crippen LogP contribution is -2.26. The van der Waals surface area contributed by atoms with Gasteiger partial charge in [0.1, 0.15) is 0 Å². The SMILES string of the molecule is CC(C)(C)CC(N)CCc1cccs1. The first-order chi connectivity index (χ1) is 6.47. The second kappa shape index (κ2) is 4.94. The van der Waals surface area contributed by atoms with E-state index in [0.29, 0.717) is 11.5 Å². The fraction of sp³-hybridized carbons (Fsp3) is 0.667. The Kier molecular flexibility index (Phi) is 4.14. The molecule has 0 saturated carbocycles. The molecule has 0 bridgehead atoms. The summed E-state index contributed by atoms with van der Waals surface area (Å²) < 4.78 is 0. The zero-order valence-corrected chi connectivity index (χ0v) is 10.2. The van der Waals surface area contributed by atoms with Crippen LogP contribution in [-0.4, -0.2) is 6.04 Å². The highest BCUT2D eigenvalue weighted by Crippen LogP contribution is 2.22. The van der Waals surface area contributed by atoms with Gasteiger partial charge in [0, 0.05) is 10.9 Å². The molecule has 0 aliphatic rings. The van der Waals surface area contributed by atoms with Gasteiger partial charge in [0.15, 0.2) is 0 Å². The Labute approximate surface area is 91.3 Å². The normalized spacial score (nSPS) is 14.3. The second-order valence-corrected chi connectivity index (χ2v) is 6.18. The van der Waals surface area contributed by atoms with E-state index < -0.39 is 0 Å². The van der Waals surface area contributed by atoms with Crippen LogP contribution >= 0.6 is 11.3 Å². The molecule has 1 heterocycles. The van der Waals surface area contributed by atoms with Gasteiger partial charge in [0.05, 0.1) is 0 Å². The van der Waals surface area contributed by atoms with E-state index in [1.54, 1.807) is 0 Å². The van der Waals surface area contributed by atoms with Crippen molar-refractivity contribution in [2.75, 3.05) is 0 Å². The molecule has 1 unspecified atom stereocenters. The summed E-state index contributed by atoms with van der Waals surface area (Å²) in [6.07, 6.45) is 3.35. The Morgan fingerprint density at radius 2 is 2.14 bits per heavy atom. The van der Waals surface area contributed by atoms with Crippen LogP contribution in [-0.2, 0) is 6.42 Å². The Hall–Kier alpha value is -0.340. The lowest BCUT2D eigenvalue weighted by molar-refractivity contribution is 0.331. The monoisotopic (exact) mass is 211 g/mol. The van der Waals surface area contributed by atoms with Crippen LogP contribution in [0, 0.1) is 5.41 Å². The van der Waals surface area contributed by atoms with Crippen LogP contribution in [0.3, 0.4) is 0 Å². The second-order valence-electron chi connectivity index (χ2n) is 5.14. The van der Waals surface area contributed by atoms with Gasteiger partial charge in [-0.1, -0.05) is 26.8 Å². The van der Waals surface area contributed by atoms with E-state index >= 15 is 0 Å². The van der Waals surface area contributed by atoms with Gasteiger partial charge in [-0.25, -0.2) is 0 Å². The van der Waals surface area contributed by atoms with E-state index in [2.05, 4.69) is 38.3 Å². The number of rotatable bonds is 4. The standard InChI is InChI=1S/C12H21NS/c1-12(2,3)9-10(13)6-7-11-5-4-8-14-11/h4-5,8,10H,6-7,9,13H2,1-3H3. The van der Waals surface area contributed by atoms with E-state index in [0.717, 1.165) is 19.3 Å². The van der Waals surface area contributed by atoms with Crippen molar-refractivity contribution in [3.05, 3.63) is 22.4 Å². The molecule has 0 fully saturated rings. The van der Waals surface area contributed by atoms with Crippen molar-refractivity contribution in [3.63, 3.8) is 0 Å². The van der Waals surface area contributed by atoms with Crippen molar-refractivity contribution in [2.45, 2.75) is 46.1 Å². The maximum atomic E-state index is 6.08. The number of hydrogen-bond acceptors (Lipinski definition) is 2. The number of thiophene rings is 1. The van der Waals surface area contributed by atoms with Gasteiger partial charge >= 0.3 is 0 Å². The molecular formula is C12H21NS. The maximum Gasteiger partial charge on any atom is 0.00472 e. The molecular weight excluding hydrogens is 190 g/mol. The predicted octanol–water partition coefficient (Wildman–Crippen LogP) is 3.44. The van der Waals surface area contributed by atoms with Gasteiger partial charge in [-0.2, -0.15) is 0 Å². The quantitative estimate of drug-likeness (QED) is 0.811. The highest BCUT2D eigenvalue weighted by atomic mass is 32.1. The first-order valence-corrected chi connectivity index (χ1v) is 6.13. The van der Waals surface area contributed by atoms with E-state index in [4.69, 9.17) is 5.73 Å². The van der Waals surface area contributed by atoms with Crippen molar-refractivity contribution >= 4 is 11.3 Å². The third kappa shape index (κ3) is 4.77. The zero-order chi connectivity index (χ0) is 10.6. The lowest BCUT2D eigenvalue weighted by atomic mass is 9.87. The molecule has 1 aromatic rings. The van der Waals surface area contributed by atoms with Crippen LogP contribution in [0.1, 0.15) is 38.5 Å². The number of nitrogens with two attached hydrogens (primary N) is 1. The fourth-order valence-electron chi connectivity index (χ4n) is 1.67. The molecule has 1 nitrogen and oxygen atoms in total. The molecule has 0 aliphatic carbocycles. The molecule has 1 atom stereocenters. The van der Waals surface area contributed by atoms with Crippen molar-refractivity contribution < 1.29 is 0 Å². The average Bonchev–Trinajstić information content (AvgIpc) is 2.49. The highest BCUT2D eigenvalue weighted by molar-refractivity contribution is 7.09. The van der Waals surface area contributed by atoms with Crippen LogP contribution in [0.4, 0.5) is 0 Å². The van der Waals surface area contributed by atoms with Crippen LogP contribution < -0.4 is 5.73 Å². The molecule has 0 aromatic carbocycles. The number of hydrogen-bond donors (Lipinski definition) is 1. The molecule has 1 aromatic heterocycles. The topological polar surface area (TPSA) is 26.0 Å². The van der Waals surface area contributed by atoms with E-state index in [9.17, 15) is 0 Å².